The van der Waals surface area contributed by atoms with Crippen molar-refractivity contribution < 1.29 is 9.82 Å². The van der Waals surface area contributed by atoms with Crippen LogP contribution in [0.3, 0.4) is 0 Å². The van der Waals surface area contributed by atoms with E-state index in [-0.39, 0.29) is 16.3 Å². The molecule has 1 spiro atoms. The minimum atomic E-state index is -0.329. The maximum atomic E-state index is 11.0. The second-order valence-electron chi connectivity index (χ2n) is 7.71. The number of nitrogens with one attached hydrogen (secondary N) is 1. The predicted octanol–water partition coefficient (Wildman–Crippen LogP) is 3.07. The molecule has 0 amide bonds. The SMILES string of the molecule is O=[N+]([O-])c1ccc([C@@H]2[C@H]3C(c4ccccc4)=NC4(CCCCC4)[NH+]32)cc1. The van der Waals surface area contributed by atoms with E-state index in [1.165, 1.54) is 36.1 Å². The zero-order chi connectivity index (χ0) is 17.7. The highest BCUT2D eigenvalue weighted by Gasteiger charge is 2.71. The first-order valence-electron chi connectivity index (χ1n) is 9.46. The van der Waals surface area contributed by atoms with Crippen LogP contribution in [0.5, 0.6) is 0 Å². The van der Waals surface area contributed by atoms with Gasteiger partial charge in [-0.2, -0.15) is 0 Å². The summed E-state index contributed by atoms with van der Waals surface area (Å²) in [6.07, 6.45) is 6.10. The molecule has 0 bridgehead atoms. The van der Waals surface area contributed by atoms with E-state index in [9.17, 15) is 10.1 Å². The van der Waals surface area contributed by atoms with E-state index in [2.05, 4.69) is 24.3 Å². The van der Waals surface area contributed by atoms with Gasteiger partial charge in [0.05, 0.1) is 4.92 Å². The molecule has 0 radical (unpaired) electrons. The molecule has 132 valence electrons. The third-order valence-electron chi connectivity index (χ3n) is 6.27. The zero-order valence-corrected chi connectivity index (χ0v) is 14.6. The Morgan fingerprint density at radius 1 is 0.962 bits per heavy atom. The Bertz CT molecular complexity index is 870. The Morgan fingerprint density at radius 3 is 2.31 bits per heavy atom. The smallest absolute Gasteiger partial charge is 0.269 e. The van der Waals surface area contributed by atoms with Crippen LogP contribution >= 0.6 is 0 Å². The van der Waals surface area contributed by atoms with Gasteiger partial charge < -0.3 is 0 Å². The van der Waals surface area contributed by atoms with Crippen molar-refractivity contribution in [1.82, 2.24) is 0 Å². The van der Waals surface area contributed by atoms with E-state index in [0.717, 1.165) is 12.8 Å². The molecule has 2 aromatic carbocycles. The average molecular weight is 348 g/mol. The van der Waals surface area contributed by atoms with Crippen LogP contribution in [0.4, 0.5) is 5.69 Å². The molecule has 2 aliphatic heterocycles. The van der Waals surface area contributed by atoms with Gasteiger partial charge in [0.25, 0.3) is 5.69 Å². The number of hydrogen-bond acceptors (Lipinski definition) is 3. The van der Waals surface area contributed by atoms with Crippen LogP contribution in [0, 0.1) is 10.1 Å². The highest BCUT2D eigenvalue weighted by molar-refractivity contribution is 6.06. The average Bonchev–Trinajstić information content (AvgIpc) is 3.36. The summed E-state index contributed by atoms with van der Waals surface area (Å²) in [4.78, 5) is 17.5. The van der Waals surface area contributed by atoms with Crippen LogP contribution < -0.4 is 4.90 Å². The molecule has 5 rings (SSSR count). The van der Waals surface area contributed by atoms with E-state index in [1.807, 2.05) is 18.2 Å². The lowest BCUT2D eigenvalue weighted by Crippen LogP contribution is -3.04. The molecule has 3 aliphatic rings. The van der Waals surface area contributed by atoms with Crippen LogP contribution in [0.25, 0.3) is 0 Å². The largest absolute Gasteiger partial charge is 0.287 e. The number of quaternary nitrogens is 1. The lowest BCUT2D eigenvalue weighted by atomic mass is 9.89. The quantitative estimate of drug-likeness (QED) is 0.526. The molecule has 3 atom stereocenters. The molecule has 1 unspecified atom stereocenters. The highest BCUT2D eigenvalue weighted by Crippen LogP contribution is 2.41. The van der Waals surface area contributed by atoms with Crippen molar-refractivity contribution in [3.63, 3.8) is 0 Å². The normalized spacial score (nSPS) is 28.5. The van der Waals surface area contributed by atoms with Crippen LogP contribution in [0.1, 0.15) is 49.3 Å². The summed E-state index contributed by atoms with van der Waals surface area (Å²) < 4.78 is 0. The van der Waals surface area contributed by atoms with Gasteiger partial charge in [-0.1, -0.05) is 36.8 Å². The summed E-state index contributed by atoms with van der Waals surface area (Å²) in [6.45, 7) is 0. The van der Waals surface area contributed by atoms with Crippen molar-refractivity contribution in [2.45, 2.75) is 49.9 Å². The number of nitrogens with zero attached hydrogens (tertiary/aromatic N) is 2. The Labute approximate surface area is 152 Å². The molecule has 2 heterocycles. The van der Waals surface area contributed by atoms with E-state index >= 15 is 0 Å². The predicted molar refractivity (Wildman–Crippen MR) is 99.4 cm³/mol. The summed E-state index contributed by atoms with van der Waals surface area (Å²) in [5, 5.41) is 11.0. The van der Waals surface area contributed by atoms with Gasteiger partial charge in [-0.15, -0.1) is 0 Å². The van der Waals surface area contributed by atoms with Gasteiger partial charge in [0, 0.05) is 36.1 Å². The van der Waals surface area contributed by atoms with Gasteiger partial charge in [0.1, 0.15) is 5.71 Å². The van der Waals surface area contributed by atoms with Gasteiger partial charge in [0.15, 0.2) is 17.7 Å². The number of nitro benzene ring substituents is 1. The molecule has 1 aliphatic carbocycles. The summed E-state index contributed by atoms with van der Waals surface area (Å²) in [5.74, 6) is 0. The van der Waals surface area contributed by atoms with Crippen LogP contribution in [0.2, 0.25) is 0 Å². The number of nitro groups is 1. The fourth-order valence-corrected chi connectivity index (χ4v) is 5.08. The second kappa shape index (κ2) is 5.74. The molecule has 1 saturated heterocycles. The number of hydrogen-bond donors (Lipinski definition) is 1. The maximum Gasteiger partial charge on any atom is 0.269 e. The van der Waals surface area contributed by atoms with Crippen molar-refractivity contribution in [3.05, 3.63) is 75.8 Å². The standard InChI is InChI=1S/C21H21N3O2/c25-24(26)17-11-9-16(10-12-17)19-20-18(15-7-3-1-4-8-15)22-21(23(19)20)13-5-2-6-14-21/h1,3-4,7-12,19-20H,2,5-6,13-14H2/p+1/t19-,20-,23?/m1/s1. The summed E-state index contributed by atoms with van der Waals surface area (Å²) in [7, 11) is 0. The monoisotopic (exact) mass is 348 g/mol. The molecule has 2 fully saturated rings. The maximum absolute atomic E-state index is 11.0. The number of aliphatic imine (C=N–C) groups is 1. The Hall–Kier alpha value is -2.53. The van der Waals surface area contributed by atoms with Crippen molar-refractivity contribution in [2.75, 3.05) is 0 Å². The molecular formula is C21H22N3O2+. The van der Waals surface area contributed by atoms with Gasteiger partial charge in [0.2, 0.25) is 0 Å². The number of rotatable bonds is 3. The number of benzene rings is 2. The van der Waals surface area contributed by atoms with E-state index in [0.29, 0.717) is 12.1 Å². The Morgan fingerprint density at radius 2 is 1.65 bits per heavy atom. The third kappa shape index (κ3) is 2.31. The molecule has 2 aromatic rings. The first kappa shape index (κ1) is 15.7. The highest BCUT2D eigenvalue weighted by atomic mass is 16.6. The van der Waals surface area contributed by atoms with Crippen molar-refractivity contribution >= 4 is 11.4 Å². The second-order valence-corrected chi connectivity index (χ2v) is 7.71. The van der Waals surface area contributed by atoms with Crippen molar-refractivity contribution in [2.24, 2.45) is 4.99 Å². The third-order valence-corrected chi connectivity index (χ3v) is 6.27. The summed E-state index contributed by atoms with van der Waals surface area (Å²) >= 11 is 0. The summed E-state index contributed by atoms with van der Waals surface area (Å²) in [6, 6.07) is 18.4. The topological polar surface area (TPSA) is 59.9 Å². The Kier molecular flexibility index (Phi) is 3.47. The van der Waals surface area contributed by atoms with Crippen molar-refractivity contribution in [3.8, 4) is 0 Å². The molecule has 5 heteroatoms. The minimum Gasteiger partial charge on any atom is -0.287 e. The first-order valence-corrected chi connectivity index (χ1v) is 9.46. The molecule has 0 aromatic heterocycles. The van der Waals surface area contributed by atoms with Gasteiger partial charge in [-0.05, 0) is 25.0 Å². The van der Waals surface area contributed by atoms with Crippen LogP contribution in [0.15, 0.2) is 59.6 Å². The molecule has 1 N–H and O–H groups in total. The van der Waals surface area contributed by atoms with Gasteiger partial charge in [-0.25, -0.2) is 4.99 Å². The number of fused-ring (bicyclic) bond motifs is 2. The molecule has 26 heavy (non-hydrogen) atoms. The first-order chi connectivity index (χ1) is 12.7. The lowest BCUT2D eigenvalue weighted by Gasteiger charge is -2.30. The Balaban J connectivity index is 1.52. The molecule has 5 nitrogen and oxygen atoms in total. The number of non-ortho nitro benzene ring substituents is 1. The van der Waals surface area contributed by atoms with E-state index < -0.39 is 0 Å². The minimum absolute atomic E-state index is 0.0144. The fourth-order valence-electron chi connectivity index (χ4n) is 5.08. The van der Waals surface area contributed by atoms with Crippen LogP contribution in [-0.4, -0.2) is 22.3 Å². The van der Waals surface area contributed by atoms with E-state index in [1.54, 1.807) is 17.0 Å². The molecule has 1 saturated carbocycles. The van der Waals surface area contributed by atoms with Crippen molar-refractivity contribution in [1.29, 1.82) is 0 Å². The van der Waals surface area contributed by atoms with E-state index in [4.69, 9.17) is 4.99 Å². The molecular weight excluding hydrogens is 326 g/mol. The van der Waals surface area contributed by atoms with Gasteiger partial charge >= 0.3 is 0 Å². The van der Waals surface area contributed by atoms with Crippen LogP contribution in [-0.2, 0) is 0 Å². The zero-order valence-electron chi connectivity index (χ0n) is 14.6. The van der Waals surface area contributed by atoms with Gasteiger partial charge in [-0.3, -0.25) is 15.0 Å². The fraction of sp³-hybridized carbons (Fsp3) is 0.381. The lowest BCUT2D eigenvalue weighted by molar-refractivity contribution is -0.845. The summed E-state index contributed by atoms with van der Waals surface area (Å²) in [5.41, 5.74) is 3.83.